The second kappa shape index (κ2) is 5.51. The standard InChI is InChI=1S/C12H17BrN2O4S/c1-19-10-5-8(13)9(14)6-11(10)20(17,18)15-12(7-16)3-2-4-12/h5-6,15-16H,2-4,7,14H2,1H3. The Morgan fingerprint density at radius 1 is 1.50 bits per heavy atom. The summed E-state index contributed by atoms with van der Waals surface area (Å²) in [7, 11) is -2.42. The van der Waals surface area contributed by atoms with Crippen LogP contribution in [0, 0.1) is 0 Å². The molecule has 0 radical (unpaired) electrons. The average Bonchev–Trinajstić information content (AvgIpc) is 2.36. The number of hydrogen-bond donors (Lipinski definition) is 3. The Bertz CT molecular complexity index is 609. The van der Waals surface area contributed by atoms with Crippen LogP contribution in [0.3, 0.4) is 0 Å². The molecule has 0 heterocycles. The van der Waals surface area contributed by atoms with Crippen molar-refractivity contribution in [1.82, 2.24) is 4.72 Å². The molecule has 8 heteroatoms. The highest BCUT2D eigenvalue weighted by Gasteiger charge is 2.41. The summed E-state index contributed by atoms with van der Waals surface area (Å²) in [5.41, 5.74) is 5.28. The van der Waals surface area contributed by atoms with Crippen LogP contribution in [0.5, 0.6) is 5.75 Å². The van der Waals surface area contributed by atoms with Gasteiger partial charge in [-0.1, -0.05) is 0 Å². The first-order valence-corrected chi connectivity index (χ1v) is 8.39. The van der Waals surface area contributed by atoms with Crippen LogP contribution >= 0.6 is 15.9 Å². The van der Waals surface area contributed by atoms with Crippen molar-refractivity contribution in [3.05, 3.63) is 16.6 Å². The van der Waals surface area contributed by atoms with E-state index in [2.05, 4.69) is 20.7 Å². The van der Waals surface area contributed by atoms with Crippen molar-refractivity contribution in [2.75, 3.05) is 19.5 Å². The molecule has 0 aliphatic heterocycles. The largest absolute Gasteiger partial charge is 0.495 e. The quantitative estimate of drug-likeness (QED) is 0.682. The number of nitrogen functional groups attached to an aromatic ring is 1. The smallest absolute Gasteiger partial charge is 0.244 e. The molecule has 0 saturated heterocycles. The maximum Gasteiger partial charge on any atom is 0.244 e. The van der Waals surface area contributed by atoms with Crippen molar-refractivity contribution in [3.63, 3.8) is 0 Å². The van der Waals surface area contributed by atoms with E-state index in [1.807, 2.05) is 0 Å². The predicted octanol–water partition coefficient (Wildman–Crippen LogP) is 1.23. The highest BCUT2D eigenvalue weighted by Crippen LogP contribution is 2.36. The fourth-order valence-electron chi connectivity index (χ4n) is 2.16. The molecule has 1 fully saturated rings. The van der Waals surface area contributed by atoms with Crippen LogP contribution in [0.15, 0.2) is 21.5 Å². The third-order valence-electron chi connectivity index (χ3n) is 3.54. The van der Waals surface area contributed by atoms with Crippen LogP contribution in [-0.2, 0) is 10.0 Å². The SMILES string of the molecule is COc1cc(Br)c(N)cc1S(=O)(=O)NC1(CO)CCC1. The van der Waals surface area contributed by atoms with Crippen LogP contribution < -0.4 is 15.2 Å². The van der Waals surface area contributed by atoms with Crippen LogP contribution in [0.4, 0.5) is 5.69 Å². The molecule has 4 N–H and O–H groups in total. The van der Waals surface area contributed by atoms with Crippen LogP contribution in [0.25, 0.3) is 0 Å². The molecule has 0 atom stereocenters. The number of rotatable bonds is 5. The van der Waals surface area contributed by atoms with E-state index in [0.29, 0.717) is 23.0 Å². The molecule has 0 aromatic heterocycles. The van der Waals surface area contributed by atoms with Gasteiger partial charge in [0.25, 0.3) is 0 Å². The number of anilines is 1. The highest BCUT2D eigenvalue weighted by molar-refractivity contribution is 9.10. The topological polar surface area (TPSA) is 102 Å². The van der Waals surface area contributed by atoms with Gasteiger partial charge >= 0.3 is 0 Å². The number of aliphatic hydroxyl groups excluding tert-OH is 1. The molecule has 112 valence electrons. The van der Waals surface area contributed by atoms with Gasteiger partial charge < -0.3 is 15.6 Å². The molecule has 1 aromatic rings. The van der Waals surface area contributed by atoms with Crippen LogP contribution in [-0.4, -0.2) is 32.8 Å². The molecular formula is C12H17BrN2O4S. The lowest BCUT2D eigenvalue weighted by Gasteiger charge is -2.40. The van der Waals surface area contributed by atoms with Gasteiger partial charge in [0.15, 0.2) is 0 Å². The third kappa shape index (κ3) is 2.78. The molecule has 1 aliphatic rings. The Balaban J connectivity index is 2.41. The molecule has 0 unspecified atom stereocenters. The third-order valence-corrected chi connectivity index (χ3v) is 5.82. The van der Waals surface area contributed by atoms with E-state index in [0.717, 1.165) is 6.42 Å². The molecule has 0 spiro atoms. The van der Waals surface area contributed by atoms with Crippen molar-refractivity contribution < 1.29 is 18.3 Å². The van der Waals surface area contributed by atoms with Gasteiger partial charge in [0.2, 0.25) is 10.0 Å². The van der Waals surface area contributed by atoms with E-state index in [1.165, 1.54) is 19.2 Å². The van der Waals surface area contributed by atoms with Gasteiger partial charge in [0, 0.05) is 10.2 Å². The first-order chi connectivity index (χ1) is 9.33. The summed E-state index contributed by atoms with van der Waals surface area (Å²) >= 11 is 3.23. The molecular weight excluding hydrogens is 348 g/mol. The zero-order chi connectivity index (χ0) is 15.0. The second-order valence-corrected chi connectivity index (χ2v) is 7.43. The molecule has 6 nitrogen and oxygen atoms in total. The number of ether oxygens (including phenoxy) is 1. The molecule has 0 amide bonds. The van der Waals surface area contributed by atoms with Crippen molar-refractivity contribution >= 4 is 31.6 Å². The Morgan fingerprint density at radius 3 is 2.60 bits per heavy atom. The number of sulfonamides is 1. The minimum absolute atomic E-state index is 0.0274. The number of nitrogens with one attached hydrogen (secondary N) is 1. The molecule has 2 rings (SSSR count). The predicted molar refractivity (Wildman–Crippen MR) is 79.1 cm³/mol. The zero-order valence-electron chi connectivity index (χ0n) is 11.0. The van der Waals surface area contributed by atoms with E-state index >= 15 is 0 Å². The summed E-state index contributed by atoms with van der Waals surface area (Å²) in [6, 6.07) is 2.85. The Kier molecular flexibility index (Phi) is 4.29. The van der Waals surface area contributed by atoms with E-state index in [-0.39, 0.29) is 17.3 Å². The first kappa shape index (κ1) is 15.6. The van der Waals surface area contributed by atoms with Gasteiger partial charge in [0.1, 0.15) is 10.6 Å². The summed E-state index contributed by atoms with van der Waals surface area (Å²) < 4.78 is 33.2. The summed E-state index contributed by atoms with van der Waals surface area (Å²) in [5, 5.41) is 9.38. The molecule has 1 saturated carbocycles. The number of hydrogen-bond acceptors (Lipinski definition) is 5. The molecule has 1 aromatic carbocycles. The summed E-state index contributed by atoms with van der Waals surface area (Å²) in [6.45, 7) is -0.222. The fraction of sp³-hybridized carbons (Fsp3) is 0.500. The van der Waals surface area contributed by atoms with Gasteiger partial charge in [-0.2, -0.15) is 0 Å². The average molecular weight is 365 g/mol. The molecule has 20 heavy (non-hydrogen) atoms. The number of benzene rings is 1. The van der Waals surface area contributed by atoms with Crippen molar-refractivity contribution in [3.8, 4) is 5.75 Å². The Labute approximate surface area is 126 Å². The van der Waals surface area contributed by atoms with Gasteiger partial charge in [-0.25, -0.2) is 13.1 Å². The summed E-state index contributed by atoms with van der Waals surface area (Å²) in [6.07, 6.45) is 2.14. The number of halogens is 1. The Hall–Kier alpha value is -0.830. The first-order valence-electron chi connectivity index (χ1n) is 6.11. The second-order valence-electron chi connectivity index (χ2n) is 4.92. The maximum absolute atomic E-state index is 12.5. The van der Waals surface area contributed by atoms with E-state index < -0.39 is 15.6 Å². The van der Waals surface area contributed by atoms with E-state index in [4.69, 9.17) is 10.5 Å². The van der Waals surface area contributed by atoms with Gasteiger partial charge in [-0.05, 0) is 47.3 Å². The summed E-state index contributed by atoms with van der Waals surface area (Å²) in [4.78, 5) is -0.0274. The van der Waals surface area contributed by atoms with Crippen LogP contribution in [0.1, 0.15) is 19.3 Å². The number of aliphatic hydroxyl groups is 1. The van der Waals surface area contributed by atoms with E-state index in [9.17, 15) is 13.5 Å². The highest BCUT2D eigenvalue weighted by atomic mass is 79.9. The minimum atomic E-state index is -3.81. The lowest BCUT2D eigenvalue weighted by Crippen LogP contribution is -2.55. The van der Waals surface area contributed by atoms with Crippen molar-refractivity contribution in [2.45, 2.75) is 29.7 Å². The molecule has 0 bridgehead atoms. The van der Waals surface area contributed by atoms with Crippen LogP contribution in [0.2, 0.25) is 0 Å². The zero-order valence-corrected chi connectivity index (χ0v) is 13.4. The number of methoxy groups -OCH3 is 1. The fourth-order valence-corrected chi connectivity index (χ4v) is 4.12. The minimum Gasteiger partial charge on any atom is -0.495 e. The van der Waals surface area contributed by atoms with Gasteiger partial charge in [-0.15, -0.1) is 0 Å². The maximum atomic E-state index is 12.5. The summed E-state index contributed by atoms with van der Waals surface area (Å²) in [5.74, 6) is 0.200. The normalized spacial score (nSPS) is 17.6. The molecule has 1 aliphatic carbocycles. The van der Waals surface area contributed by atoms with Crippen molar-refractivity contribution in [1.29, 1.82) is 0 Å². The van der Waals surface area contributed by atoms with Gasteiger partial charge in [-0.3, -0.25) is 0 Å². The monoisotopic (exact) mass is 364 g/mol. The Morgan fingerprint density at radius 2 is 2.15 bits per heavy atom. The van der Waals surface area contributed by atoms with E-state index in [1.54, 1.807) is 0 Å². The number of nitrogens with two attached hydrogens (primary N) is 1. The van der Waals surface area contributed by atoms with Crippen molar-refractivity contribution in [2.24, 2.45) is 0 Å². The lowest BCUT2D eigenvalue weighted by atomic mass is 9.78. The van der Waals surface area contributed by atoms with Gasteiger partial charge in [0.05, 0.1) is 19.3 Å². The lowest BCUT2D eigenvalue weighted by molar-refractivity contribution is 0.110.